The quantitative estimate of drug-likeness (QED) is 0.756. The summed E-state index contributed by atoms with van der Waals surface area (Å²) in [6, 6.07) is 7.12. The number of ether oxygens (including phenoxy) is 1. The van der Waals surface area contributed by atoms with Gasteiger partial charge in [0, 0.05) is 0 Å². The van der Waals surface area contributed by atoms with Crippen LogP contribution in [0, 0.1) is 0 Å². The first kappa shape index (κ1) is 17.5. The number of amides is 2. The number of nitrogens with one attached hydrogen (secondary N) is 2. The second kappa shape index (κ2) is 7.69. The molecule has 1 fully saturated rings. The summed E-state index contributed by atoms with van der Waals surface area (Å²) >= 11 is 1.34. The van der Waals surface area contributed by atoms with Gasteiger partial charge < -0.3 is 21.1 Å². The Morgan fingerprint density at radius 2 is 2.04 bits per heavy atom. The zero-order chi connectivity index (χ0) is 17.7. The molecule has 1 aromatic heterocycles. The van der Waals surface area contributed by atoms with Gasteiger partial charge >= 0.3 is 6.03 Å². The minimum Gasteiger partial charge on any atom is -0.492 e. The molecule has 1 aromatic carbocycles. The zero-order valence-corrected chi connectivity index (χ0v) is 15.1. The topological polar surface area (TPSA) is 102 Å². The number of para-hydroxylation sites is 2. The van der Waals surface area contributed by atoms with Crippen molar-refractivity contribution in [3.63, 3.8) is 0 Å². The van der Waals surface area contributed by atoms with Crippen molar-refractivity contribution in [2.24, 2.45) is 0 Å². The van der Waals surface area contributed by atoms with E-state index < -0.39 is 5.54 Å². The normalized spacial score (nSPS) is 16.2. The molecule has 3 rings (SSSR count). The maximum absolute atomic E-state index is 12.7. The van der Waals surface area contributed by atoms with Gasteiger partial charge in [0.05, 0.1) is 17.8 Å². The van der Waals surface area contributed by atoms with Crippen LogP contribution in [0.3, 0.4) is 0 Å². The van der Waals surface area contributed by atoms with Crippen LogP contribution in [-0.4, -0.2) is 22.8 Å². The molecular weight excluding hydrogens is 338 g/mol. The minimum absolute atomic E-state index is 0.275. The standard InChI is InChI=1S/C17H23N5O2S/c1-2-24-13-9-5-4-8-12(13)19-16(23)20-17(10-6-3-7-11-17)14-21-22-15(18)25-14/h4-5,8-9H,2-3,6-7,10-11H2,1H3,(H2,18,22)(H2,19,20,23). The molecule has 2 amide bonds. The summed E-state index contributed by atoms with van der Waals surface area (Å²) in [5.74, 6) is 0.651. The molecule has 1 aliphatic carbocycles. The van der Waals surface area contributed by atoms with Gasteiger partial charge in [0.25, 0.3) is 0 Å². The summed E-state index contributed by atoms with van der Waals surface area (Å²) in [5, 5.41) is 15.3. The molecule has 25 heavy (non-hydrogen) atoms. The molecule has 0 atom stereocenters. The molecule has 0 unspecified atom stereocenters. The summed E-state index contributed by atoms with van der Waals surface area (Å²) in [7, 11) is 0. The highest BCUT2D eigenvalue weighted by Crippen LogP contribution is 2.39. The summed E-state index contributed by atoms with van der Waals surface area (Å²) in [6.45, 7) is 2.45. The maximum atomic E-state index is 12.7. The Bertz CT molecular complexity index is 727. The average Bonchev–Trinajstić information content (AvgIpc) is 3.05. The smallest absolute Gasteiger partial charge is 0.320 e. The minimum atomic E-state index is -0.502. The van der Waals surface area contributed by atoms with Crippen molar-refractivity contribution in [1.29, 1.82) is 0 Å². The second-order valence-corrected chi connectivity index (χ2v) is 7.11. The number of hydrogen-bond donors (Lipinski definition) is 3. The highest BCUT2D eigenvalue weighted by Gasteiger charge is 2.38. The molecule has 8 heteroatoms. The van der Waals surface area contributed by atoms with Gasteiger partial charge in [-0.05, 0) is 31.9 Å². The summed E-state index contributed by atoms with van der Waals surface area (Å²) in [5.41, 5.74) is 5.89. The van der Waals surface area contributed by atoms with Gasteiger partial charge in [-0.15, -0.1) is 10.2 Å². The SMILES string of the molecule is CCOc1ccccc1NC(=O)NC1(c2nnc(N)s2)CCCCC1. The lowest BCUT2D eigenvalue weighted by Gasteiger charge is -2.35. The van der Waals surface area contributed by atoms with E-state index in [0.717, 1.165) is 37.1 Å². The van der Waals surface area contributed by atoms with E-state index >= 15 is 0 Å². The van der Waals surface area contributed by atoms with Gasteiger partial charge in [-0.2, -0.15) is 0 Å². The lowest BCUT2D eigenvalue weighted by molar-refractivity contribution is 0.211. The van der Waals surface area contributed by atoms with Crippen LogP contribution in [0.1, 0.15) is 44.0 Å². The molecule has 0 bridgehead atoms. The molecule has 134 valence electrons. The van der Waals surface area contributed by atoms with Gasteiger partial charge in [0.15, 0.2) is 0 Å². The van der Waals surface area contributed by atoms with Crippen molar-refractivity contribution in [2.45, 2.75) is 44.6 Å². The van der Waals surface area contributed by atoms with Crippen molar-refractivity contribution in [2.75, 3.05) is 17.7 Å². The van der Waals surface area contributed by atoms with Crippen LogP contribution in [0.2, 0.25) is 0 Å². The summed E-state index contributed by atoms with van der Waals surface area (Å²) in [6.07, 6.45) is 4.90. The zero-order valence-electron chi connectivity index (χ0n) is 14.2. The fraction of sp³-hybridized carbons (Fsp3) is 0.471. The Hall–Kier alpha value is -2.35. The van der Waals surface area contributed by atoms with Crippen LogP contribution in [0.5, 0.6) is 5.75 Å². The molecule has 4 N–H and O–H groups in total. The molecule has 2 aromatic rings. The second-order valence-electron chi connectivity index (χ2n) is 6.10. The van der Waals surface area contributed by atoms with E-state index in [9.17, 15) is 4.79 Å². The van der Waals surface area contributed by atoms with Crippen molar-refractivity contribution in [3.05, 3.63) is 29.3 Å². The predicted molar refractivity (Wildman–Crippen MR) is 98.8 cm³/mol. The van der Waals surface area contributed by atoms with E-state index in [1.807, 2.05) is 31.2 Å². The van der Waals surface area contributed by atoms with Crippen LogP contribution in [0.4, 0.5) is 15.6 Å². The van der Waals surface area contributed by atoms with E-state index in [2.05, 4.69) is 20.8 Å². The number of nitrogens with zero attached hydrogens (tertiary/aromatic N) is 2. The molecule has 0 aliphatic heterocycles. The highest BCUT2D eigenvalue weighted by molar-refractivity contribution is 7.15. The van der Waals surface area contributed by atoms with Crippen LogP contribution in [0.15, 0.2) is 24.3 Å². The van der Waals surface area contributed by atoms with Crippen molar-refractivity contribution in [3.8, 4) is 5.75 Å². The first-order valence-corrected chi connectivity index (χ1v) is 9.35. The van der Waals surface area contributed by atoms with E-state index in [1.54, 1.807) is 0 Å². The Morgan fingerprint density at radius 3 is 2.72 bits per heavy atom. The number of carbonyl (C=O) groups excluding carboxylic acids is 1. The fourth-order valence-corrected chi connectivity index (χ4v) is 4.01. The van der Waals surface area contributed by atoms with Crippen molar-refractivity contribution < 1.29 is 9.53 Å². The van der Waals surface area contributed by atoms with Crippen LogP contribution >= 0.6 is 11.3 Å². The molecule has 1 heterocycles. The molecule has 0 spiro atoms. The maximum Gasteiger partial charge on any atom is 0.320 e. The number of rotatable bonds is 5. The van der Waals surface area contributed by atoms with E-state index in [-0.39, 0.29) is 6.03 Å². The first-order valence-electron chi connectivity index (χ1n) is 8.53. The third kappa shape index (κ3) is 4.01. The average molecular weight is 361 g/mol. The first-order chi connectivity index (χ1) is 12.1. The summed E-state index contributed by atoms with van der Waals surface area (Å²) < 4.78 is 5.56. The Balaban J connectivity index is 1.77. The Morgan fingerprint density at radius 1 is 1.28 bits per heavy atom. The third-order valence-corrected chi connectivity index (χ3v) is 5.30. The number of carbonyl (C=O) groups is 1. The number of urea groups is 1. The molecular formula is C17H23N5O2S. The van der Waals surface area contributed by atoms with E-state index in [0.29, 0.717) is 23.2 Å². The number of aromatic nitrogens is 2. The van der Waals surface area contributed by atoms with Gasteiger partial charge in [0.2, 0.25) is 5.13 Å². The monoisotopic (exact) mass is 361 g/mol. The van der Waals surface area contributed by atoms with Crippen LogP contribution in [-0.2, 0) is 5.54 Å². The highest BCUT2D eigenvalue weighted by atomic mass is 32.1. The number of nitrogen functional groups attached to an aromatic ring is 1. The predicted octanol–water partition coefficient (Wildman–Crippen LogP) is 3.50. The van der Waals surface area contributed by atoms with Crippen molar-refractivity contribution >= 4 is 28.2 Å². The third-order valence-electron chi connectivity index (χ3n) is 4.35. The number of nitrogens with two attached hydrogens (primary N) is 1. The number of anilines is 2. The lowest BCUT2D eigenvalue weighted by Crippen LogP contribution is -2.48. The van der Waals surface area contributed by atoms with Crippen molar-refractivity contribution in [1.82, 2.24) is 15.5 Å². The van der Waals surface area contributed by atoms with Gasteiger partial charge in [0.1, 0.15) is 10.8 Å². The molecule has 0 saturated heterocycles. The largest absolute Gasteiger partial charge is 0.492 e. The Kier molecular flexibility index (Phi) is 5.37. The summed E-state index contributed by atoms with van der Waals surface area (Å²) in [4.78, 5) is 12.7. The van der Waals surface area contributed by atoms with Crippen LogP contribution in [0.25, 0.3) is 0 Å². The van der Waals surface area contributed by atoms with E-state index in [1.165, 1.54) is 11.3 Å². The fourth-order valence-electron chi connectivity index (χ4n) is 3.20. The van der Waals surface area contributed by atoms with Gasteiger partial charge in [-0.25, -0.2) is 4.79 Å². The molecule has 1 saturated carbocycles. The van der Waals surface area contributed by atoms with Crippen LogP contribution < -0.4 is 21.1 Å². The van der Waals surface area contributed by atoms with Gasteiger partial charge in [-0.1, -0.05) is 42.7 Å². The number of hydrogen-bond acceptors (Lipinski definition) is 6. The molecule has 7 nitrogen and oxygen atoms in total. The lowest BCUT2D eigenvalue weighted by atomic mass is 9.82. The number of benzene rings is 1. The Labute approximate surface area is 151 Å². The molecule has 0 radical (unpaired) electrons. The van der Waals surface area contributed by atoms with Gasteiger partial charge in [-0.3, -0.25) is 0 Å². The van der Waals surface area contributed by atoms with E-state index in [4.69, 9.17) is 10.5 Å². The molecule has 1 aliphatic rings.